The number of hydrogen-bond donors (Lipinski definition) is 2. The highest BCUT2D eigenvalue weighted by Gasteiger charge is 2.36. The molecule has 2 aliphatic heterocycles. The molecule has 192 valence electrons. The molecular formula is C29H33N5O3. The number of rotatable bonds is 6. The topological polar surface area (TPSA) is 90.8 Å². The number of aliphatic hydroxyl groups excluding tert-OH is 1. The smallest absolute Gasteiger partial charge is 0.324 e. The highest BCUT2D eigenvalue weighted by Crippen LogP contribution is 2.28. The number of likely N-dealkylation sites (tertiary alicyclic amines) is 1. The normalized spacial score (nSPS) is 22.1. The summed E-state index contributed by atoms with van der Waals surface area (Å²) in [7, 11) is 0. The molecule has 1 amide bonds. The molecule has 0 spiro atoms. The van der Waals surface area contributed by atoms with Gasteiger partial charge < -0.3 is 20.1 Å². The largest absolute Gasteiger partial charge is 0.424 e. The number of ether oxygens (including phenoxy) is 1. The second kappa shape index (κ2) is 10.5. The van der Waals surface area contributed by atoms with Crippen molar-refractivity contribution < 1.29 is 14.6 Å². The first kappa shape index (κ1) is 23.9. The molecule has 2 unspecified atom stereocenters. The second-order valence-electron chi connectivity index (χ2n) is 10.3. The van der Waals surface area contributed by atoms with Crippen molar-refractivity contribution in [3.8, 4) is 11.8 Å². The number of hydrogen-bond acceptors (Lipinski definition) is 7. The summed E-state index contributed by atoms with van der Waals surface area (Å²) < 4.78 is 5.89. The van der Waals surface area contributed by atoms with Crippen LogP contribution in [0.1, 0.15) is 47.3 Å². The fourth-order valence-corrected chi connectivity index (χ4v) is 5.50. The van der Waals surface area contributed by atoms with Crippen molar-refractivity contribution in [2.75, 3.05) is 25.0 Å². The van der Waals surface area contributed by atoms with Crippen molar-refractivity contribution in [2.45, 2.75) is 56.8 Å². The molecule has 2 atom stereocenters. The van der Waals surface area contributed by atoms with Crippen LogP contribution in [-0.2, 0) is 13.0 Å². The van der Waals surface area contributed by atoms with Crippen LogP contribution >= 0.6 is 0 Å². The number of aliphatic hydroxyl groups is 1. The molecular weight excluding hydrogens is 466 g/mol. The minimum atomic E-state index is -0.614. The summed E-state index contributed by atoms with van der Waals surface area (Å²) in [5, 5.41) is 14.5. The molecule has 2 aromatic carbocycles. The number of nitrogens with one attached hydrogen (secondary N) is 1. The van der Waals surface area contributed by atoms with Crippen LogP contribution in [0.15, 0.2) is 60.7 Å². The van der Waals surface area contributed by atoms with Gasteiger partial charge in [-0.3, -0.25) is 9.69 Å². The number of anilines is 1. The molecule has 0 radical (unpaired) electrons. The fraction of sp³-hybridized carbons (Fsp3) is 0.414. The lowest BCUT2D eigenvalue weighted by atomic mass is 9.93. The fourth-order valence-electron chi connectivity index (χ4n) is 5.50. The number of nitrogens with zero attached hydrogens (tertiary/aromatic N) is 4. The summed E-state index contributed by atoms with van der Waals surface area (Å²) in [6.45, 7) is 2.62. The predicted octanol–water partition coefficient (Wildman–Crippen LogP) is 3.87. The van der Waals surface area contributed by atoms with Crippen molar-refractivity contribution in [1.29, 1.82) is 0 Å². The summed E-state index contributed by atoms with van der Waals surface area (Å²) in [6, 6.07) is 20.1. The molecule has 2 fully saturated rings. The van der Waals surface area contributed by atoms with Crippen molar-refractivity contribution in [3.05, 3.63) is 77.5 Å². The van der Waals surface area contributed by atoms with Gasteiger partial charge in [-0.05, 0) is 55.4 Å². The number of fused-ring (bicyclic) bond motifs is 1. The standard InChI is InChI=1S/C29H33N5O3/c35-26-19-34(16-14-25(26)33-15-13-20-7-4-5-8-21(20)18-33)28(36)24-17-27(30-22-9-6-10-22)32-29(31-24)37-23-11-2-1-3-12-23/h1-5,7-8,11-12,17,22,25-26,35H,6,9-10,13-16,18-19H2,(H,30,31,32). The number of amides is 1. The number of carbonyl (C=O) groups is 1. The van der Waals surface area contributed by atoms with Crippen LogP contribution in [0.2, 0.25) is 0 Å². The van der Waals surface area contributed by atoms with Gasteiger partial charge in [-0.2, -0.15) is 9.97 Å². The molecule has 3 aromatic rings. The lowest BCUT2D eigenvalue weighted by molar-refractivity contribution is -0.0139. The van der Waals surface area contributed by atoms with Gasteiger partial charge >= 0.3 is 6.01 Å². The molecule has 8 nitrogen and oxygen atoms in total. The zero-order valence-electron chi connectivity index (χ0n) is 20.9. The van der Waals surface area contributed by atoms with Gasteiger partial charge in [0.05, 0.1) is 6.10 Å². The third kappa shape index (κ3) is 5.31. The third-order valence-corrected chi connectivity index (χ3v) is 7.80. The van der Waals surface area contributed by atoms with Crippen molar-refractivity contribution in [2.24, 2.45) is 0 Å². The first-order valence-corrected chi connectivity index (χ1v) is 13.3. The summed E-state index contributed by atoms with van der Waals surface area (Å²) in [5.41, 5.74) is 3.00. The summed E-state index contributed by atoms with van der Waals surface area (Å²) >= 11 is 0. The lowest BCUT2D eigenvalue weighted by Crippen LogP contribution is -2.56. The Kier molecular flexibility index (Phi) is 6.76. The summed E-state index contributed by atoms with van der Waals surface area (Å²) in [6.07, 6.45) is 4.46. The van der Waals surface area contributed by atoms with Crippen LogP contribution in [0.4, 0.5) is 5.82 Å². The van der Waals surface area contributed by atoms with Gasteiger partial charge in [-0.1, -0.05) is 42.5 Å². The van der Waals surface area contributed by atoms with Crippen molar-refractivity contribution in [1.82, 2.24) is 19.8 Å². The number of piperidine rings is 1. The molecule has 1 aromatic heterocycles. The molecule has 3 heterocycles. The van der Waals surface area contributed by atoms with Crippen LogP contribution in [0, 0.1) is 0 Å². The van der Waals surface area contributed by atoms with E-state index in [0.717, 1.165) is 38.8 Å². The monoisotopic (exact) mass is 499 g/mol. The Morgan fingerprint density at radius 3 is 2.51 bits per heavy atom. The Hall–Kier alpha value is -3.49. The van der Waals surface area contributed by atoms with E-state index in [2.05, 4.69) is 44.5 Å². The van der Waals surface area contributed by atoms with Gasteiger partial charge in [0.2, 0.25) is 0 Å². The SMILES string of the molecule is O=C(c1cc(NC2CCC2)nc(Oc2ccccc2)n1)N1CCC(N2CCc3ccccc3C2)C(O)C1. The van der Waals surface area contributed by atoms with Crippen LogP contribution in [0.25, 0.3) is 0 Å². The Balaban J connectivity index is 1.16. The van der Waals surface area contributed by atoms with Crippen molar-refractivity contribution in [3.63, 3.8) is 0 Å². The molecule has 1 saturated heterocycles. The molecule has 2 N–H and O–H groups in total. The average Bonchev–Trinajstić information content (AvgIpc) is 2.90. The number of aromatic nitrogens is 2. The Labute approximate surface area is 217 Å². The van der Waals surface area contributed by atoms with Crippen LogP contribution in [0.3, 0.4) is 0 Å². The highest BCUT2D eigenvalue weighted by molar-refractivity contribution is 5.93. The van der Waals surface area contributed by atoms with Crippen molar-refractivity contribution >= 4 is 11.7 Å². The van der Waals surface area contributed by atoms with E-state index in [1.54, 1.807) is 11.0 Å². The number of benzene rings is 2. The van der Waals surface area contributed by atoms with E-state index in [1.165, 1.54) is 17.5 Å². The van der Waals surface area contributed by atoms with Crippen LogP contribution in [-0.4, -0.2) is 68.6 Å². The predicted molar refractivity (Wildman–Crippen MR) is 141 cm³/mol. The molecule has 0 bridgehead atoms. The van der Waals surface area contributed by atoms with Gasteiger partial charge in [-0.15, -0.1) is 0 Å². The molecule has 1 aliphatic carbocycles. The first-order chi connectivity index (χ1) is 18.1. The molecule has 3 aliphatic rings. The van der Waals surface area contributed by atoms with E-state index in [0.29, 0.717) is 24.2 Å². The van der Waals surface area contributed by atoms with E-state index in [1.807, 2.05) is 30.3 Å². The van der Waals surface area contributed by atoms with Gasteiger partial charge in [0.15, 0.2) is 0 Å². The van der Waals surface area contributed by atoms with E-state index < -0.39 is 6.10 Å². The van der Waals surface area contributed by atoms with Gasteiger partial charge in [0.25, 0.3) is 5.91 Å². The van der Waals surface area contributed by atoms with E-state index in [9.17, 15) is 9.90 Å². The molecule has 37 heavy (non-hydrogen) atoms. The molecule has 8 heteroatoms. The molecule has 6 rings (SSSR count). The Morgan fingerprint density at radius 1 is 0.973 bits per heavy atom. The Morgan fingerprint density at radius 2 is 1.76 bits per heavy atom. The second-order valence-corrected chi connectivity index (χ2v) is 10.3. The van der Waals surface area contributed by atoms with Crippen LogP contribution < -0.4 is 10.1 Å². The van der Waals surface area contributed by atoms with Gasteiger partial charge in [-0.25, -0.2) is 0 Å². The molecule has 1 saturated carbocycles. The number of carbonyl (C=O) groups excluding carboxylic acids is 1. The maximum atomic E-state index is 13.5. The summed E-state index contributed by atoms with van der Waals surface area (Å²) in [4.78, 5) is 26.6. The summed E-state index contributed by atoms with van der Waals surface area (Å²) in [5.74, 6) is 0.996. The average molecular weight is 500 g/mol. The van der Waals surface area contributed by atoms with E-state index in [-0.39, 0.29) is 30.2 Å². The number of para-hydroxylation sites is 1. The maximum absolute atomic E-state index is 13.5. The zero-order valence-corrected chi connectivity index (χ0v) is 20.9. The lowest BCUT2D eigenvalue weighted by Gasteiger charge is -2.43. The zero-order chi connectivity index (χ0) is 25.2. The Bertz CT molecular complexity index is 1250. The van der Waals surface area contributed by atoms with E-state index >= 15 is 0 Å². The third-order valence-electron chi connectivity index (χ3n) is 7.80. The minimum absolute atomic E-state index is 0.0376. The number of β-amino-alcohol motifs (C(OH)–C–C–N with tert-alkyl or cyclic N) is 1. The maximum Gasteiger partial charge on any atom is 0.324 e. The highest BCUT2D eigenvalue weighted by atomic mass is 16.5. The van der Waals surface area contributed by atoms with Crippen LogP contribution in [0.5, 0.6) is 11.8 Å². The first-order valence-electron chi connectivity index (χ1n) is 13.3. The van der Waals surface area contributed by atoms with Gasteiger partial charge in [0, 0.05) is 44.3 Å². The quantitative estimate of drug-likeness (QED) is 0.532. The van der Waals surface area contributed by atoms with Gasteiger partial charge in [0.1, 0.15) is 17.3 Å². The van der Waals surface area contributed by atoms with E-state index in [4.69, 9.17) is 4.74 Å². The minimum Gasteiger partial charge on any atom is -0.424 e.